The van der Waals surface area contributed by atoms with E-state index in [9.17, 15) is 4.79 Å². The van der Waals surface area contributed by atoms with Crippen molar-refractivity contribution in [3.05, 3.63) is 62.5 Å². The predicted octanol–water partition coefficient (Wildman–Crippen LogP) is 4.18. The molecule has 0 fully saturated rings. The summed E-state index contributed by atoms with van der Waals surface area (Å²) in [6.45, 7) is 0.707. The average Bonchev–Trinajstić information content (AvgIpc) is 2.40. The number of para-hydroxylation sites is 1. The number of halogens is 2. The Bertz CT molecular complexity index is 609. The van der Waals surface area contributed by atoms with E-state index >= 15 is 0 Å². The molecule has 0 unspecified atom stereocenters. The van der Waals surface area contributed by atoms with Crippen molar-refractivity contribution in [3.8, 4) is 0 Å². The number of nitrogens with one attached hydrogen (secondary N) is 2. The third kappa shape index (κ3) is 3.91. The van der Waals surface area contributed by atoms with E-state index in [1.165, 1.54) is 0 Å². The second kappa shape index (κ2) is 7.02. The van der Waals surface area contributed by atoms with Crippen LogP contribution >= 0.6 is 31.9 Å². The van der Waals surface area contributed by atoms with Crippen LogP contribution in [-0.2, 0) is 6.54 Å². The van der Waals surface area contributed by atoms with Gasteiger partial charge in [-0.2, -0.15) is 0 Å². The maximum atomic E-state index is 12.3. The molecule has 0 radical (unpaired) electrons. The monoisotopic (exact) mass is 396 g/mol. The van der Waals surface area contributed by atoms with Crippen LogP contribution in [0.3, 0.4) is 0 Å². The van der Waals surface area contributed by atoms with Crippen LogP contribution in [0.25, 0.3) is 0 Å². The zero-order valence-electron chi connectivity index (χ0n) is 10.9. The molecular formula is C15H14Br2N2O. The lowest BCUT2D eigenvalue weighted by atomic mass is 10.1. The van der Waals surface area contributed by atoms with E-state index in [-0.39, 0.29) is 5.91 Å². The fourth-order valence-corrected chi connectivity index (χ4v) is 3.16. The highest BCUT2D eigenvalue weighted by molar-refractivity contribution is 9.11. The number of benzene rings is 2. The van der Waals surface area contributed by atoms with Crippen LogP contribution in [0.15, 0.2) is 51.4 Å². The molecule has 2 aromatic rings. The van der Waals surface area contributed by atoms with Crippen molar-refractivity contribution in [2.45, 2.75) is 6.54 Å². The van der Waals surface area contributed by atoms with Gasteiger partial charge in [0, 0.05) is 26.7 Å². The third-order valence-electron chi connectivity index (χ3n) is 2.76. The van der Waals surface area contributed by atoms with Crippen LogP contribution in [0.4, 0.5) is 5.69 Å². The van der Waals surface area contributed by atoms with Crippen molar-refractivity contribution < 1.29 is 4.79 Å². The Kier molecular flexibility index (Phi) is 5.34. The fourth-order valence-electron chi connectivity index (χ4n) is 1.87. The van der Waals surface area contributed by atoms with E-state index in [1.807, 2.05) is 37.4 Å². The molecule has 0 bridgehead atoms. The van der Waals surface area contributed by atoms with Crippen molar-refractivity contribution in [3.63, 3.8) is 0 Å². The van der Waals surface area contributed by atoms with E-state index < -0.39 is 0 Å². The van der Waals surface area contributed by atoms with Crippen LogP contribution in [0, 0.1) is 0 Å². The van der Waals surface area contributed by atoms with Crippen LogP contribution in [-0.4, -0.2) is 13.0 Å². The lowest BCUT2D eigenvalue weighted by Gasteiger charge is -2.11. The predicted molar refractivity (Wildman–Crippen MR) is 89.0 cm³/mol. The smallest absolute Gasteiger partial charge is 0.255 e. The highest BCUT2D eigenvalue weighted by atomic mass is 79.9. The highest BCUT2D eigenvalue weighted by Gasteiger charge is 2.10. The van der Waals surface area contributed by atoms with Gasteiger partial charge in [0.15, 0.2) is 0 Å². The number of carbonyl (C=O) groups excluding carboxylic acids is 1. The molecule has 0 saturated carbocycles. The summed E-state index contributed by atoms with van der Waals surface area (Å²) in [4.78, 5) is 12.3. The molecule has 0 aliphatic carbocycles. The van der Waals surface area contributed by atoms with E-state index in [0.717, 1.165) is 20.2 Å². The van der Waals surface area contributed by atoms with E-state index in [0.29, 0.717) is 12.1 Å². The van der Waals surface area contributed by atoms with Gasteiger partial charge in [0.05, 0.1) is 0 Å². The molecule has 0 saturated heterocycles. The van der Waals surface area contributed by atoms with Gasteiger partial charge in [-0.1, -0.05) is 50.1 Å². The summed E-state index contributed by atoms with van der Waals surface area (Å²) < 4.78 is 1.72. The average molecular weight is 398 g/mol. The first kappa shape index (κ1) is 15.2. The first-order valence-corrected chi connectivity index (χ1v) is 7.68. The Morgan fingerprint density at radius 1 is 1.10 bits per heavy atom. The fraction of sp³-hybridized carbons (Fsp3) is 0.133. The zero-order valence-corrected chi connectivity index (χ0v) is 14.1. The second-order valence-electron chi connectivity index (χ2n) is 4.30. The van der Waals surface area contributed by atoms with Crippen molar-refractivity contribution in [2.75, 3.05) is 12.4 Å². The summed E-state index contributed by atoms with van der Waals surface area (Å²) in [6, 6.07) is 13.2. The van der Waals surface area contributed by atoms with Gasteiger partial charge in [0.2, 0.25) is 0 Å². The minimum atomic E-state index is -0.129. The molecule has 0 atom stereocenters. The molecule has 0 aromatic heterocycles. The molecular weight excluding hydrogens is 384 g/mol. The van der Waals surface area contributed by atoms with Crippen molar-refractivity contribution >= 4 is 43.5 Å². The summed E-state index contributed by atoms with van der Waals surface area (Å²) in [5.74, 6) is -0.129. The SMILES string of the molecule is CNCc1ccccc1NC(=O)c1cc(Br)cc(Br)c1. The van der Waals surface area contributed by atoms with Crippen molar-refractivity contribution in [2.24, 2.45) is 0 Å². The topological polar surface area (TPSA) is 41.1 Å². The Morgan fingerprint density at radius 2 is 1.75 bits per heavy atom. The van der Waals surface area contributed by atoms with Crippen LogP contribution < -0.4 is 10.6 Å². The van der Waals surface area contributed by atoms with Gasteiger partial charge < -0.3 is 10.6 Å². The Balaban J connectivity index is 2.23. The molecule has 1 amide bonds. The molecule has 0 aliphatic rings. The van der Waals surface area contributed by atoms with Gasteiger partial charge in [-0.25, -0.2) is 0 Å². The molecule has 104 valence electrons. The van der Waals surface area contributed by atoms with Gasteiger partial charge in [0.25, 0.3) is 5.91 Å². The van der Waals surface area contributed by atoms with Gasteiger partial charge in [-0.3, -0.25) is 4.79 Å². The van der Waals surface area contributed by atoms with Crippen LogP contribution in [0.5, 0.6) is 0 Å². The lowest BCUT2D eigenvalue weighted by Crippen LogP contribution is -2.15. The Labute approximate surface area is 135 Å². The summed E-state index contributed by atoms with van der Waals surface area (Å²) >= 11 is 6.77. The quantitative estimate of drug-likeness (QED) is 0.812. The summed E-state index contributed by atoms with van der Waals surface area (Å²) in [7, 11) is 1.88. The Morgan fingerprint density at radius 3 is 2.40 bits per heavy atom. The molecule has 3 nitrogen and oxygen atoms in total. The lowest BCUT2D eigenvalue weighted by molar-refractivity contribution is 0.102. The summed E-state index contributed by atoms with van der Waals surface area (Å²) in [6.07, 6.45) is 0. The normalized spacial score (nSPS) is 10.3. The highest BCUT2D eigenvalue weighted by Crippen LogP contribution is 2.22. The number of anilines is 1. The number of hydrogen-bond donors (Lipinski definition) is 2. The first-order chi connectivity index (χ1) is 9.60. The number of hydrogen-bond acceptors (Lipinski definition) is 2. The number of carbonyl (C=O) groups is 1. The molecule has 5 heteroatoms. The van der Waals surface area contributed by atoms with E-state index in [4.69, 9.17) is 0 Å². The molecule has 20 heavy (non-hydrogen) atoms. The Hall–Kier alpha value is -1.17. The second-order valence-corrected chi connectivity index (χ2v) is 6.13. The minimum Gasteiger partial charge on any atom is -0.322 e. The third-order valence-corrected chi connectivity index (χ3v) is 3.67. The van der Waals surface area contributed by atoms with Gasteiger partial charge >= 0.3 is 0 Å². The molecule has 2 rings (SSSR count). The van der Waals surface area contributed by atoms with Crippen LogP contribution in [0.2, 0.25) is 0 Å². The van der Waals surface area contributed by atoms with Crippen molar-refractivity contribution in [1.29, 1.82) is 0 Å². The first-order valence-electron chi connectivity index (χ1n) is 6.10. The summed E-state index contributed by atoms with van der Waals surface area (Å²) in [5.41, 5.74) is 2.48. The molecule has 0 heterocycles. The van der Waals surface area contributed by atoms with E-state index in [2.05, 4.69) is 42.5 Å². The standard InChI is InChI=1S/C15H14Br2N2O/c1-18-9-10-4-2-3-5-14(10)19-15(20)11-6-12(16)8-13(17)7-11/h2-8,18H,9H2,1H3,(H,19,20). The van der Waals surface area contributed by atoms with Gasteiger partial charge in [-0.05, 0) is 36.9 Å². The number of amides is 1. The van der Waals surface area contributed by atoms with E-state index in [1.54, 1.807) is 12.1 Å². The molecule has 0 aliphatic heterocycles. The van der Waals surface area contributed by atoms with Gasteiger partial charge in [0.1, 0.15) is 0 Å². The zero-order chi connectivity index (χ0) is 14.5. The minimum absolute atomic E-state index is 0.129. The largest absolute Gasteiger partial charge is 0.322 e. The number of rotatable bonds is 4. The molecule has 2 aromatic carbocycles. The summed E-state index contributed by atoms with van der Waals surface area (Å²) in [5, 5.41) is 6.03. The maximum Gasteiger partial charge on any atom is 0.255 e. The van der Waals surface area contributed by atoms with Gasteiger partial charge in [-0.15, -0.1) is 0 Å². The molecule has 2 N–H and O–H groups in total. The maximum absolute atomic E-state index is 12.3. The molecule has 0 spiro atoms. The van der Waals surface area contributed by atoms with Crippen molar-refractivity contribution in [1.82, 2.24) is 5.32 Å². The van der Waals surface area contributed by atoms with Crippen LogP contribution in [0.1, 0.15) is 15.9 Å².